The van der Waals surface area contributed by atoms with E-state index >= 15 is 0 Å². The molecule has 0 amide bonds. The Kier molecular flexibility index (Phi) is 6.11. The number of aliphatic hydroxyl groups is 2. The van der Waals surface area contributed by atoms with Gasteiger partial charge >= 0.3 is 5.63 Å². The van der Waals surface area contributed by atoms with Gasteiger partial charge in [0.1, 0.15) is 41.0 Å². The molecule has 3 rings (SSSR count). The van der Waals surface area contributed by atoms with Gasteiger partial charge in [0, 0.05) is 5.56 Å². The molecule has 2 aliphatic heterocycles. The third-order valence-electron chi connectivity index (χ3n) is 6.19. The maximum absolute atomic E-state index is 11.6. The van der Waals surface area contributed by atoms with Crippen LogP contribution in [-0.2, 0) is 9.47 Å². The molecule has 6 atom stereocenters. The first-order valence-corrected chi connectivity index (χ1v) is 9.96. The maximum atomic E-state index is 11.6. The fourth-order valence-electron chi connectivity index (χ4n) is 4.30. The lowest BCUT2D eigenvalue weighted by Crippen LogP contribution is -2.46. The van der Waals surface area contributed by atoms with Crippen molar-refractivity contribution in [2.24, 2.45) is 0 Å². The minimum absolute atomic E-state index is 0.146. The third-order valence-corrected chi connectivity index (χ3v) is 6.19. The van der Waals surface area contributed by atoms with E-state index in [9.17, 15) is 15.0 Å². The zero-order valence-corrected chi connectivity index (χ0v) is 18.2. The molecule has 7 heteroatoms. The van der Waals surface area contributed by atoms with Crippen LogP contribution in [0.2, 0.25) is 0 Å². The van der Waals surface area contributed by atoms with Gasteiger partial charge in [-0.3, -0.25) is 0 Å². The maximum Gasteiger partial charge on any atom is 0.339 e. The van der Waals surface area contributed by atoms with Crippen LogP contribution in [0.1, 0.15) is 45.1 Å². The van der Waals surface area contributed by atoms with Crippen LogP contribution in [0.25, 0.3) is 0 Å². The van der Waals surface area contributed by atoms with Crippen molar-refractivity contribution in [1.82, 2.24) is 0 Å². The first-order chi connectivity index (χ1) is 14.0. The van der Waals surface area contributed by atoms with Gasteiger partial charge in [-0.2, -0.15) is 0 Å². The van der Waals surface area contributed by atoms with Gasteiger partial charge in [0.05, 0.1) is 19.3 Å². The lowest BCUT2D eigenvalue weighted by atomic mass is 9.86. The van der Waals surface area contributed by atoms with Gasteiger partial charge in [0.25, 0.3) is 0 Å². The fourth-order valence-corrected chi connectivity index (χ4v) is 4.30. The highest BCUT2D eigenvalue weighted by atomic mass is 16.7. The standard InChI is InChI=1S/C23H30O7/c1-13(20-23(5)21(26)22(4,30-20)15(3)29-23)10-8-7-9-11-16(24)19-14(2)17(27-6)12-18(25)28-19/h7-12,15-16,20-21,24,26H,1-6H3. The molecule has 164 valence electrons. The van der Waals surface area contributed by atoms with Gasteiger partial charge in [-0.05, 0) is 46.3 Å². The summed E-state index contributed by atoms with van der Waals surface area (Å²) in [6.07, 6.45) is 6.30. The van der Waals surface area contributed by atoms with Gasteiger partial charge in [0.15, 0.2) is 0 Å². The monoisotopic (exact) mass is 418 g/mol. The van der Waals surface area contributed by atoms with Crippen LogP contribution in [0.4, 0.5) is 0 Å². The largest absolute Gasteiger partial charge is 0.496 e. The zero-order valence-electron chi connectivity index (χ0n) is 18.2. The van der Waals surface area contributed by atoms with Gasteiger partial charge in [-0.1, -0.05) is 24.3 Å². The van der Waals surface area contributed by atoms with Crippen molar-refractivity contribution in [2.45, 2.75) is 70.2 Å². The molecule has 2 fully saturated rings. The first kappa shape index (κ1) is 22.5. The quantitative estimate of drug-likeness (QED) is 0.686. The van der Waals surface area contributed by atoms with Gasteiger partial charge < -0.3 is 28.8 Å². The van der Waals surface area contributed by atoms with E-state index in [-0.39, 0.29) is 18.0 Å². The molecule has 2 saturated heterocycles. The summed E-state index contributed by atoms with van der Waals surface area (Å²) in [5.74, 6) is 0.516. The highest BCUT2D eigenvalue weighted by molar-refractivity contribution is 5.35. The molecule has 6 unspecified atom stereocenters. The Morgan fingerprint density at radius 2 is 1.93 bits per heavy atom. The van der Waals surface area contributed by atoms with E-state index in [0.29, 0.717) is 11.3 Å². The van der Waals surface area contributed by atoms with Crippen molar-refractivity contribution in [1.29, 1.82) is 0 Å². The highest BCUT2D eigenvalue weighted by Gasteiger charge is 2.69. The Hall–Kier alpha value is -2.19. The number of ether oxygens (including phenoxy) is 3. The summed E-state index contributed by atoms with van der Waals surface area (Å²) in [7, 11) is 1.45. The summed E-state index contributed by atoms with van der Waals surface area (Å²) in [6.45, 7) is 9.30. The van der Waals surface area contributed by atoms with E-state index in [1.54, 1.807) is 19.1 Å². The van der Waals surface area contributed by atoms with E-state index in [4.69, 9.17) is 18.6 Å². The number of fused-ring (bicyclic) bond motifs is 2. The topological polar surface area (TPSA) is 98.4 Å². The average molecular weight is 418 g/mol. The summed E-state index contributed by atoms with van der Waals surface area (Å²) in [4.78, 5) is 11.6. The summed E-state index contributed by atoms with van der Waals surface area (Å²) in [5, 5.41) is 20.9. The third kappa shape index (κ3) is 3.67. The van der Waals surface area contributed by atoms with Crippen LogP contribution in [0, 0.1) is 6.92 Å². The molecule has 0 radical (unpaired) electrons. The number of methoxy groups -OCH3 is 1. The Morgan fingerprint density at radius 1 is 1.23 bits per heavy atom. The van der Waals surface area contributed by atoms with Gasteiger partial charge in [-0.15, -0.1) is 0 Å². The molecule has 2 bridgehead atoms. The molecule has 3 heterocycles. The number of hydrogen-bond donors (Lipinski definition) is 2. The first-order valence-electron chi connectivity index (χ1n) is 9.96. The second kappa shape index (κ2) is 8.15. The molecular formula is C23H30O7. The molecule has 0 spiro atoms. The molecule has 0 aliphatic carbocycles. The molecule has 0 aromatic carbocycles. The summed E-state index contributed by atoms with van der Waals surface area (Å²) in [6, 6.07) is 1.24. The fraction of sp³-hybridized carbons (Fsp3) is 0.522. The average Bonchev–Trinajstić information content (AvgIpc) is 3.00. The molecule has 2 N–H and O–H groups in total. The van der Waals surface area contributed by atoms with Crippen LogP contribution in [0.15, 0.2) is 51.2 Å². The van der Waals surface area contributed by atoms with E-state index < -0.39 is 29.0 Å². The number of aliphatic hydroxyl groups excluding tert-OH is 2. The van der Waals surface area contributed by atoms with Crippen molar-refractivity contribution < 1.29 is 28.8 Å². The van der Waals surface area contributed by atoms with E-state index in [0.717, 1.165) is 5.57 Å². The van der Waals surface area contributed by atoms with Gasteiger partial charge in [0.2, 0.25) is 0 Å². The molecular weight excluding hydrogens is 388 g/mol. The van der Waals surface area contributed by atoms with E-state index in [1.165, 1.54) is 19.3 Å². The predicted octanol–water partition coefficient (Wildman–Crippen LogP) is 2.74. The summed E-state index contributed by atoms with van der Waals surface area (Å²) >= 11 is 0. The molecule has 2 aliphatic rings. The van der Waals surface area contributed by atoms with Gasteiger partial charge in [-0.25, -0.2) is 4.79 Å². The summed E-state index contributed by atoms with van der Waals surface area (Å²) < 4.78 is 22.4. The van der Waals surface area contributed by atoms with Crippen LogP contribution >= 0.6 is 0 Å². The zero-order chi connectivity index (χ0) is 22.3. The van der Waals surface area contributed by atoms with Crippen LogP contribution in [-0.4, -0.2) is 46.8 Å². The normalized spacial score (nSPS) is 34.9. The lowest BCUT2D eigenvalue weighted by Gasteiger charge is -2.37. The van der Waals surface area contributed by atoms with Crippen molar-refractivity contribution in [3.05, 3.63) is 63.8 Å². The Morgan fingerprint density at radius 3 is 2.50 bits per heavy atom. The van der Waals surface area contributed by atoms with Crippen molar-refractivity contribution in [2.75, 3.05) is 7.11 Å². The van der Waals surface area contributed by atoms with Crippen LogP contribution in [0.5, 0.6) is 5.75 Å². The molecule has 30 heavy (non-hydrogen) atoms. The predicted molar refractivity (Wildman–Crippen MR) is 112 cm³/mol. The molecule has 1 aromatic heterocycles. The van der Waals surface area contributed by atoms with E-state index in [2.05, 4.69) is 0 Å². The van der Waals surface area contributed by atoms with Crippen molar-refractivity contribution >= 4 is 0 Å². The molecule has 7 nitrogen and oxygen atoms in total. The van der Waals surface area contributed by atoms with E-state index in [1.807, 2.05) is 39.8 Å². The van der Waals surface area contributed by atoms with Crippen molar-refractivity contribution in [3.63, 3.8) is 0 Å². The second-order valence-corrected chi connectivity index (χ2v) is 8.28. The Balaban J connectivity index is 1.68. The number of hydrogen-bond acceptors (Lipinski definition) is 7. The van der Waals surface area contributed by atoms with Crippen molar-refractivity contribution in [3.8, 4) is 5.75 Å². The van der Waals surface area contributed by atoms with Crippen LogP contribution < -0.4 is 10.4 Å². The van der Waals surface area contributed by atoms with Crippen LogP contribution in [0.3, 0.4) is 0 Å². The minimum atomic E-state index is -1.08. The lowest BCUT2D eigenvalue weighted by molar-refractivity contribution is -0.191. The number of rotatable bonds is 6. The Labute approximate surface area is 176 Å². The highest BCUT2D eigenvalue weighted by Crippen LogP contribution is 2.52. The molecule has 0 saturated carbocycles. The Bertz CT molecular complexity index is 943. The molecule has 1 aromatic rings. The second-order valence-electron chi connectivity index (χ2n) is 8.28. The number of allylic oxidation sites excluding steroid dienone is 4. The minimum Gasteiger partial charge on any atom is -0.496 e. The smallest absolute Gasteiger partial charge is 0.339 e. The summed E-state index contributed by atoms with van der Waals surface area (Å²) in [5.41, 5.74) is -0.596. The SMILES string of the molecule is COc1cc(=O)oc(C(O)C=CC=CC=C(C)C2OC3(C)C(C)OC2(C)C3O)c1C.